The Balaban J connectivity index is 1.85. The first-order chi connectivity index (χ1) is 13.3. The third-order valence-electron chi connectivity index (χ3n) is 3.58. The summed E-state index contributed by atoms with van der Waals surface area (Å²) >= 11 is 9.53. The zero-order valence-electron chi connectivity index (χ0n) is 14.5. The fourth-order valence-electron chi connectivity index (χ4n) is 2.28. The van der Waals surface area contributed by atoms with Gasteiger partial charge in [0.25, 0.3) is 0 Å². The van der Waals surface area contributed by atoms with E-state index in [9.17, 15) is 8.42 Å². The maximum absolute atomic E-state index is 11.5. The minimum atomic E-state index is -3.81. The number of anilines is 4. The number of benzene rings is 2. The van der Waals surface area contributed by atoms with Crippen molar-refractivity contribution in [2.24, 2.45) is 5.14 Å². The number of nitrogens with two attached hydrogens (primary N) is 1. The van der Waals surface area contributed by atoms with Crippen molar-refractivity contribution < 1.29 is 13.2 Å². The number of hydrogen-bond acceptors (Lipinski definition) is 7. The first-order valence-electron chi connectivity index (χ1n) is 7.79. The molecule has 0 amide bonds. The van der Waals surface area contributed by atoms with Gasteiger partial charge in [-0.15, -0.1) is 0 Å². The van der Waals surface area contributed by atoms with Crippen LogP contribution < -0.4 is 20.5 Å². The van der Waals surface area contributed by atoms with E-state index in [2.05, 4.69) is 36.5 Å². The SMILES string of the molecule is COc1ccc(Nc2nc(Nc3cccc(S(N)(=O)=O)c3)ncc2Br)cc1Cl. The predicted octanol–water partition coefficient (Wildman–Crippen LogP) is 4.04. The molecule has 0 unspecified atom stereocenters. The second-order valence-corrected chi connectivity index (χ2v) is 8.39. The van der Waals surface area contributed by atoms with Crippen molar-refractivity contribution in [3.8, 4) is 5.75 Å². The first kappa shape index (κ1) is 20.3. The number of halogens is 2. The lowest BCUT2D eigenvalue weighted by atomic mass is 10.3. The zero-order valence-corrected chi connectivity index (χ0v) is 17.6. The summed E-state index contributed by atoms with van der Waals surface area (Å²) in [6.07, 6.45) is 1.56. The molecule has 11 heteroatoms. The molecule has 4 N–H and O–H groups in total. The molecule has 0 radical (unpaired) electrons. The highest BCUT2D eigenvalue weighted by molar-refractivity contribution is 9.10. The van der Waals surface area contributed by atoms with Gasteiger partial charge in [0.1, 0.15) is 11.6 Å². The number of nitrogens with one attached hydrogen (secondary N) is 2. The predicted molar refractivity (Wildman–Crippen MR) is 112 cm³/mol. The summed E-state index contributed by atoms with van der Waals surface area (Å²) in [5.74, 6) is 1.31. The summed E-state index contributed by atoms with van der Waals surface area (Å²) in [6, 6.07) is 11.3. The Labute approximate surface area is 175 Å². The van der Waals surface area contributed by atoms with Gasteiger partial charge in [0.15, 0.2) is 0 Å². The maximum atomic E-state index is 11.5. The average Bonchev–Trinajstić information content (AvgIpc) is 2.64. The van der Waals surface area contributed by atoms with Crippen molar-refractivity contribution >= 4 is 60.7 Å². The Morgan fingerprint density at radius 2 is 1.89 bits per heavy atom. The minimum Gasteiger partial charge on any atom is -0.495 e. The Kier molecular flexibility index (Phi) is 6.04. The summed E-state index contributed by atoms with van der Waals surface area (Å²) in [5, 5.41) is 11.7. The molecule has 0 aliphatic rings. The lowest BCUT2D eigenvalue weighted by molar-refractivity contribution is 0.415. The van der Waals surface area contributed by atoms with Crippen molar-refractivity contribution in [3.63, 3.8) is 0 Å². The number of primary sulfonamides is 1. The van der Waals surface area contributed by atoms with Gasteiger partial charge in [0.05, 0.1) is 21.5 Å². The van der Waals surface area contributed by atoms with Gasteiger partial charge in [0.2, 0.25) is 16.0 Å². The molecule has 3 aromatic rings. The maximum Gasteiger partial charge on any atom is 0.238 e. The van der Waals surface area contributed by atoms with Gasteiger partial charge in [-0.2, -0.15) is 4.98 Å². The Morgan fingerprint density at radius 1 is 1.14 bits per heavy atom. The van der Waals surface area contributed by atoms with Gasteiger partial charge in [-0.3, -0.25) is 0 Å². The molecule has 0 aliphatic carbocycles. The molecular formula is C17H15BrClN5O3S. The van der Waals surface area contributed by atoms with Crippen LogP contribution in [-0.2, 0) is 10.0 Å². The molecule has 0 fully saturated rings. The number of hydrogen-bond donors (Lipinski definition) is 3. The van der Waals surface area contributed by atoms with Crippen LogP contribution in [0.25, 0.3) is 0 Å². The van der Waals surface area contributed by atoms with Crippen LogP contribution in [-0.4, -0.2) is 25.5 Å². The summed E-state index contributed by atoms with van der Waals surface area (Å²) in [6.45, 7) is 0. The monoisotopic (exact) mass is 483 g/mol. The van der Waals surface area contributed by atoms with E-state index in [4.69, 9.17) is 21.5 Å². The fraction of sp³-hybridized carbons (Fsp3) is 0.0588. The number of nitrogens with zero attached hydrogens (tertiary/aromatic N) is 2. The van der Waals surface area contributed by atoms with Crippen LogP contribution in [0.5, 0.6) is 5.75 Å². The minimum absolute atomic E-state index is 0.0131. The van der Waals surface area contributed by atoms with E-state index >= 15 is 0 Å². The smallest absolute Gasteiger partial charge is 0.238 e. The highest BCUT2D eigenvalue weighted by Crippen LogP contribution is 2.31. The van der Waals surface area contributed by atoms with Crippen LogP contribution in [0.3, 0.4) is 0 Å². The highest BCUT2D eigenvalue weighted by atomic mass is 79.9. The Hall–Kier alpha value is -2.40. The van der Waals surface area contributed by atoms with Crippen LogP contribution in [0, 0.1) is 0 Å². The van der Waals surface area contributed by atoms with Crippen molar-refractivity contribution in [1.29, 1.82) is 0 Å². The van der Waals surface area contributed by atoms with Gasteiger partial charge in [0, 0.05) is 17.6 Å². The van der Waals surface area contributed by atoms with Crippen molar-refractivity contribution in [1.82, 2.24) is 9.97 Å². The fourth-order valence-corrected chi connectivity index (χ4v) is 3.38. The van der Waals surface area contributed by atoms with Gasteiger partial charge in [-0.25, -0.2) is 18.5 Å². The molecule has 146 valence electrons. The molecular weight excluding hydrogens is 470 g/mol. The molecule has 0 saturated carbocycles. The number of methoxy groups -OCH3 is 1. The van der Waals surface area contributed by atoms with E-state index in [0.29, 0.717) is 32.4 Å². The van der Waals surface area contributed by atoms with E-state index in [1.807, 2.05) is 0 Å². The van der Waals surface area contributed by atoms with Crippen molar-refractivity contribution in [3.05, 3.63) is 58.2 Å². The second kappa shape index (κ2) is 8.31. The summed E-state index contributed by atoms with van der Waals surface area (Å²) in [5.41, 5.74) is 1.18. The average molecular weight is 485 g/mol. The second-order valence-electron chi connectivity index (χ2n) is 5.56. The molecule has 1 heterocycles. The molecule has 3 rings (SSSR count). The largest absolute Gasteiger partial charge is 0.495 e. The summed E-state index contributed by atoms with van der Waals surface area (Å²) in [4.78, 5) is 8.56. The summed E-state index contributed by atoms with van der Waals surface area (Å²) in [7, 11) is -2.27. The third kappa shape index (κ3) is 4.90. The van der Waals surface area contributed by atoms with Crippen LogP contribution >= 0.6 is 27.5 Å². The molecule has 0 bridgehead atoms. The highest BCUT2D eigenvalue weighted by Gasteiger charge is 2.11. The lowest BCUT2D eigenvalue weighted by Gasteiger charge is -2.12. The zero-order chi connectivity index (χ0) is 20.3. The standard InChI is InChI=1S/C17H15BrClN5O3S/c1-27-15-6-5-11(8-14(15)19)22-16-13(18)9-21-17(24-16)23-10-3-2-4-12(7-10)28(20,25)26/h2-9H,1H3,(H2,20,25,26)(H2,21,22,23,24). The van der Waals surface area contributed by atoms with Crippen LogP contribution in [0.15, 0.2) is 58.0 Å². The van der Waals surface area contributed by atoms with Crippen molar-refractivity contribution in [2.45, 2.75) is 4.90 Å². The topological polar surface area (TPSA) is 119 Å². The number of ether oxygens (including phenoxy) is 1. The Morgan fingerprint density at radius 3 is 2.57 bits per heavy atom. The molecule has 0 spiro atoms. The van der Waals surface area contributed by atoms with Gasteiger partial charge in [-0.05, 0) is 52.3 Å². The molecule has 28 heavy (non-hydrogen) atoms. The molecule has 0 atom stereocenters. The van der Waals surface area contributed by atoms with Gasteiger partial charge < -0.3 is 15.4 Å². The first-order valence-corrected chi connectivity index (χ1v) is 10.5. The van der Waals surface area contributed by atoms with Gasteiger partial charge in [-0.1, -0.05) is 17.7 Å². The van der Waals surface area contributed by atoms with E-state index in [-0.39, 0.29) is 10.8 Å². The molecule has 8 nitrogen and oxygen atoms in total. The van der Waals surface area contributed by atoms with Crippen LogP contribution in [0.2, 0.25) is 5.02 Å². The third-order valence-corrected chi connectivity index (χ3v) is 5.36. The quantitative estimate of drug-likeness (QED) is 0.483. The van der Waals surface area contributed by atoms with E-state index in [1.165, 1.54) is 19.2 Å². The molecule has 0 aliphatic heterocycles. The normalized spacial score (nSPS) is 11.1. The molecule has 1 aromatic heterocycles. The molecule has 0 saturated heterocycles. The lowest BCUT2D eigenvalue weighted by Crippen LogP contribution is -2.12. The van der Waals surface area contributed by atoms with Gasteiger partial charge >= 0.3 is 0 Å². The molecule has 2 aromatic carbocycles. The van der Waals surface area contributed by atoms with E-state index in [1.54, 1.807) is 36.5 Å². The van der Waals surface area contributed by atoms with Crippen LogP contribution in [0.1, 0.15) is 0 Å². The van der Waals surface area contributed by atoms with Crippen molar-refractivity contribution in [2.75, 3.05) is 17.7 Å². The Bertz CT molecular complexity index is 1130. The van der Waals surface area contributed by atoms with Crippen LogP contribution in [0.4, 0.5) is 23.1 Å². The number of sulfonamides is 1. The van der Waals surface area contributed by atoms with E-state index in [0.717, 1.165) is 0 Å². The summed E-state index contributed by atoms with van der Waals surface area (Å²) < 4.78 is 28.8. The van der Waals surface area contributed by atoms with E-state index < -0.39 is 10.0 Å². The number of aromatic nitrogens is 2. The number of rotatable bonds is 6.